The van der Waals surface area contributed by atoms with Crippen LogP contribution in [0.15, 0.2) is 22.7 Å². The van der Waals surface area contributed by atoms with Crippen molar-refractivity contribution in [3.8, 4) is 0 Å². The molecule has 1 heterocycles. The number of fused-ring (bicyclic) bond motifs is 1. The molecule has 0 saturated carbocycles. The Morgan fingerprint density at radius 2 is 2.26 bits per heavy atom. The third kappa shape index (κ3) is 3.48. The molecule has 0 spiro atoms. The number of alkyl halides is 1. The van der Waals surface area contributed by atoms with Crippen molar-refractivity contribution in [1.82, 2.24) is 9.55 Å². The van der Waals surface area contributed by atoms with Crippen molar-refractivity contribution in [3.63, 3.8) is 0 Å². The molecule has 0 aliphatic carbocycles. The fourth-order valence-electron chi connectivity index (χ4n) is 2.08. The van der Waals surface area contributed by atoms with Gasteiger partial charge in [0.1, 0.15) is 5.82 Å². The van der Waals surface area contributed by atoms with Gasteiger partial charge in [-0.25, -0.2) is 4.98 Å². The highest BCUT2D eigenvalue weighted by Crippen LogP contribution is 2.22. The molecule has 0 aliphatic rings. The van der Waals surface area contributed by atoms with E-state index in [1.165, 1.54) is 0 Å². The minimum absolute atomic E-state index is 0.274. The number of amides is 1. The fourth-order valence-corrected chi connectivity index (χ4v) is 2.60. The highest BCUT2D eigenvalue weighted by atomic mass is 79.9. The van der Waals surface area contributed by atoms with E-state index in [-0.39, 0.29) is 5.91 Å². The molecule has 102 valence electrons. The summed E-state index contributed by atoms with van der Waals surface area (Å²) in [5.74, 6) is 1.21. The lowest BCUT2D eigenvalue weighted by Gasteiger charge is -2.07. The number of carbonyl (C=O) groups excluding carboxylic acids is 1. The summed E-state index contributed by atoms with van der Waals surface area (Å²) < 4.78 is 3.12. The largest absolute Gasteiger partial charge is 0.370 e. The van der Waals surface area contributed by atoms with E-state index in [0.717, 1.165) is 27.9 Å². The van der Waals surface area contributed by atoms with Crippen LogP contribution in [0.3, 0.4) is 0 Å². The molecule has 0 fully saturated rings. The van der Waals surface area contributed by atoms with Crippen LogP contribution < -0.4 is 5.73 Å². The fraction of sp³-hybridized carbons (Fsp3) is 0.385. The topological polar surface area (TPSA) is 60.9 Å². The maximum absolute atomic E-state index is 10.8. The molecule has 1 aromatic carbocycles. The number of carbonyl (C=O) groups is 1. The van der Waals surface area contributed by atoms with E-state index < -0.39 is 0 Å². The van der Waals surface area contributed by atoms with E-state index in [2.05, 4.69) is 25.5 Å². The maximum Gasteiger partial charge on any atom is 0.217 e. The van der Waals surface area contributed by atoms with Crippen LogP contribution >= 0.6 is 27.5 Å². The van der Waals surface area contributed by atoms with E-state index in [1.54, 1.807) is 0 Å². The van der Waals surface area contributed by atoms with Crippen LogP contribution in [0.5, 0.6) is 0 Å². The van der Waals surface area contributed by atoms with Crippen molar-refractivity contribution in [2.24, 2.45) is 5.73 Å². The summed E-state index contributed by atoms with van der Waals surface area (Å²) in [7, 11) is 0. The van der Waals surface area contributed by atoms with Gasteiger partial charge in [0.2, 0.25) is 5.91 Å². The van der Waals surface area contributed by atoms with Crippen LogP contribution in [0.4, 0.5) is 0 Å². The highest BCUT2D eigenvalue weighted by molar-refractivity contribution is 9.10. The van der Waals surface area contributed by atoms with Gasteiger partial charge in [-0.1, -0.05) is 15.9 Å². The van der Waals surface area contributed by atoms with Crippen LogP contribution in [0.1, 0.15) is 18.7 Å². The molecule has 1 aromatic heterocycles. The number of benzene rings is 1. The molecule has 2 rings (SSSR count). The molecule has 6 heteroatoms. The molecule has 0 unspecified atom stereocenters. The minimum atomic E-state index is -0.274. The predicted octanol–water partition coefficient (Wildman–Crippen LogP) is 2.85. The molecular weight excluding hydrogens is 330 g/mol. The third-order valence-corrected chi connectivity index (χ3v) is 3.59. The number of imidazole rings is 1. The number of aromatic nitrogens is 2. The second-order valence-corrected chi connectivity index (χ2v) is 5.62. The maximum atomic E-state index is 10.8. The quantitative estimate of drug-likeness (QED) is 0.819. The van der Waals surface area contributed by atoms with Crippen molar-refractivity contribution >= 4 is 44.5 Å². The summed E-state index contributed by atoms with van der Waals surface area (Å²) in [5, 5.41) is 0. The molecule has 0 saturated heterocycles. The van der Waals surface area contributed by atoms with Gasteiger partial charge in [0.15, 0.2) is 0 Å². The minimum Gasteiger partial charge on any atom is -0.370 e. The predicted molar refractivity (Wildman–Crippen MR) is 80.3 cm³/mol. The molecule has 2 aromatic rings. The van der Waals surface area contributed by atoms with E-state index in [4.69, 9.17) is 17.3 Å². The third-order valence-electron chi connectivity index (χ3n) is 2.91. The van der Waals surface area contributed by atoms with E-state index in [1.807, 2.05) is 18.2 Å². The van der Waals surface area contributed by atoms with Gasteiger partial charge in [0, 0.05) is 29.7 Å². The normalized spacial score (nSPS) is 11.1. The van der Waals surface area contributed by atoms with Crippen molar-refractivity contribution in [3.05, 3.63) is 28.5 Å². The lowest BCUT2D eigenvalue weighted by molar-refractivity contribution is -0.118. The van der Waals surface area contributed by atoms with Gasteiger partial charge in [-0.2, -0.15) is 0 Å². The van der Waals surface area contributed by atoms with Crippen LogP contribution in [0.25, 0.3) is 11.0 Å². The van der Waals surface area contributed by atoms with Crippen molar-refractivity contribution in [2.45, 2.75) is 25.8 Å². The SMILES string of the molecule is NC(=O)CCCn1c(CCCl)nc2ccc(Br)cc21. The van der Waals surface area contributed by atoms with Crippen LogP contribution in [0.2, 0.25) is 0 Å². The van der Waals surface area contributed by atoms with E-state index >= 15 is 0 Å². The molecule has 0 atom stereocenters. The molecule has 0 aliphatic heterocycles. The highest BCUT2D eigenvalue weighted by Gasteiger charge is 2.10. The first-order chi connectivity index (χ1) is 9.11. The Morgan fingerprint density at radius 3 is 2.95 bits per heavy atom. The van der Waals surface area contributed by atoms with Gasteiger partial charge in [0.05, 0.1) is 11.0 Å². The average Bonchev–Trinajstić information content (AvgIpc) is 2.67. The van der Waals surface area contributed by atoms with E-state index in [0.29, 0.717) is 25.1 Å². The first-order valence-corrected chi connectivity index (χ1v) is 7.43. The Labute approximate surface area is 125 Å². The number of nitrogens with two attached hydrogens (primary N) is 1. The van der Waals surface area contributed by atoms with Gasteiger partial charge in [-0.05, 0) is 24.6 Å². The van der Waals surface area contributed by atoms with Gasteiger partial charge >= 0.3 is 0 Å². The number of hydrogen-bond acceptors (Lipinski definition) is 2. The lowest BCUT2D eigenvalue weighted by Crippen LogP contribution is -2.12. The number of nitrogens with zero attached hydrogens (tertiary/aromatic N) is 2. The summed E-state index contributed by atoms with van der Waals surface area (Å²) in [6.45, 7) is 0.724. The summed E-state index contributed by atoms with van der Waals surface area (Å²) in [6.07, 6.45) is 1.81. The Morgan fingerprint density at radius 1 is 1.47 bits per heavy atom. The van der Waals surface area contributed by atoms with Gasteiger partial charge in [-0.3, -0.25) is 4.79 Å². The molecule has 2 N–H and O–H groups in total. The standard InChI is InChI=1S/C13H15BrClN3O/c14-9-3-4-10-11(8-9)18(7-1-2-12(16)19)13(17-10)5-6-15/h3-4,8H,1-2,5-7H2,(H2,16,19). The van der Waals surface area contributed by atoms with Crippen LogP contribution in [-0.4, -0.2) is 21.3 Å². The lowest BCUT2D eigenvalue weighted by atomic mass is 10.2. The molecule has 0 radical (unpaired) electrons. The molecule has 4 nitrogen and oxygen atoms in total. The van der Waals surface area contributed by atoms with Gasteiger partial charge in [-0.15, -0.1) is 11.6 Å². The second kappa shape index (κ2) is 6.39. The van der Waals surface area contributed by atoms with Crippen LogP contribution in [-0.2, 0) is 17.8 Å². The average molecular weight is 345 g/mol. The number of rotatable bonds is 6. The zero-order valence-corrected chi connectivity index (χ0v) is 12.7. The first kappa shape index (κ1) is 14.3. The summed E-state index contributed by atoms with van der Waals surface area (Å²) in [6, 6.07) is 5.97. The smallest absolute Gasteiger partial charge is 0.217 e. The molecule has 0 bridgehead atoms. The molecule has 1 amide bonds. The zero-order chi connectivity index (χ0) is 13.8. The first-order valence-electron chi connectivity index (χ1n) is 6.10. The monoisotopic (exact) mass is 343 g/mol. The summed E-state index contributed by atoms with van der Waals surface area (Å²) in [5.41, 5.74) is 7.17. The second-order valence-electron chi connectivity index (χ2n) is 4.32. The Hall–Kier alpha value is -1.07. The van der Waals surface area contributed by atoms with Crippen molar-refractivity contribution in [2.75, 3.05) is 5.88 Å². The zero-order valence-electron chi connectivity index (χ0n) is 10.4. The van der Waals surface area contributed by atoms with Crippen molar-refractivity contribution in [1.29, 1.82) is 0 Å². The summed E-state index contributed by atoms with van der Waals surface area (Å²) in [4.78, 5) is 15.4. The number of aryl methyl sites for hydroxylation is 2. The number of halogens is 2. The molecule has 19 heavy (non-hydrogen) atoms. The van der Waals surface area contributed by atoms with E-state index in [9.17, 15) is 4.79 Å². The van der Waals surface area contributed by atoms with Crippen molar-refractivity contribution < 1.29 is 4.79 Å². The Kier molecular flexibility index (Phi) is 4.82. The van der Waals surface area contributed by atoms with Gasteiger partial charge in [0.25, 0.3) is 0 Å². The Balaban J connectivity index is 2.33. The van der Waals surface area contributed by atoms with Gasteiger partial charge < -0.3 is 10.3 Å². The number of hydrogen-bond donors (Lipinski definition) is 1. The van der Waals surface area contributed by atoms with Crippen LogP contribution in [0, 0.1) is 0 Å². The molecular formula is C13H15BrClN3O. The summed E-state index contributed by atoms with van der Waals surface area (Å²) >= 11 is 9.28. The Bertz CT molecular complexity index is 597. The number of primary amides is 1.